The second-order valence-corrected chi connectivity index (χ2v) is 10.0. The highest BCUT2D eigenvalue weighted by atomic mass is 16.1. The predicted octanol–water partition coefficient (Wildman–Crippen LogP) is 8.44. The Bertz CT molecular complexity index is 547. The van der Waals surface area contributed by atoms with Crippen LogP contribution in [0.5, 0.6) is 0 Å². The maximum Gasteiger partial charge on any atom is 0.142 e. The quantitative estimate of drug-likeness (QED) is 0.291. The Morgan fingerprint density at radius 1 is 0.767 bits per heavy atom. The molecule has 4 aliphatic carbocycles. The van der Waals surface area contributed by atoms with Crippen LogP contribution in [0.25, 0.3) is 0 Å². The molecule has 0 aliphatic heterocycles. The highest BCUT2D eigenvalue weighted by Crippen LogP contribution is 2.44. The first-order chi connectivity index (χ1) is 13.6. The van der Waals surface area contributed by atoms with E-state index in [1.165, 1.54) is 70.6 Å². The lowest BCUT2D eigenvalue weighted by atomic mass is 9.77. The minimum atomic E-state index is 0. The third-order valence-corrected chi connectivity index (χ3v) is 7.80. The highest BCUT2D eigenvalue weighted by Gasteiger charge is 2.40. The van der Waals surface area contributed by atoms with E-state index in [1.54, 1.807) is 0 Å². The van der Waals surface area contributed by atoms with Crippen LogP contribution in [0.2, 0.25) is 0 Å². The van der Waals surface area contributed by atoms with E-state index in [0.717, 1.165) is 31.1 Å². The Morgan fingerprint density at radius 3 is 2.03 bits per heavy atom. The van der Waals surface area contributed by atoms with Crippen molar-refractivity contribution in [1.82, 2.24) is 0 Å². The first-order valence-corrected chi connectivity index (χ1v) is 12.4. The molecule has 30 heavy (non-hydrogen) atoms. The lowest BCUT2D eigenvalue weighted by Gasteiger charge is -2.26. The van der Waals surface area contributed by atoms with E-state index >= 15 is 0 Å². The van der Waals surface area contributed by atoms with Crippen LogP contribution in [0.4, 0.5) is 0 Å². The topological polar surface area (TPSA) is 34.1 Å². The first-order valence-electron chi connectivity index (χ1n) is 12.4. The van der Waals surface area contributed by atoms with Gasteiger partial charge >= 0.3 is 0 Å². The van der Waals surface area contributed by atoms with Crippen molar-refractivity contribution in [3.63, 3.8) is 0 Å². The molecule has 2 nitrogen and oxygen atoms in total. The van der Waals surface area contributed by atoms with Crippen molar-refractivity contribution < 1.29 is 11.0 Å². The minimum Gasteiger partial charge on any atom is -0.299 e. The van der Waals surface area contributed by atoms with E-state index in [-0.39, 0.29) is 16.3 Å². The molecule has 0 amide bonds. The lowest BCUT2D eigenvalue weighted by molar-refractivity contribution is -0.129. The van der Waals surface area contributed by atoms with Crippen LogP contribution in [0.15, 0.2) is 12.2 Å². The molecule has 0 aromatic heterocycles. The maximum atomic E-state index is 12.0. The number of Topliss-reactive ketones (excluding diaryl/α,β-unsaturated/α-hetero) is 2. The normalized spacial score (nSPS) is 33.4. The third-order valence-electron chi connectivity index (χ3n) is 7.80. The van der Waals surface area contributed by atoms with E-state index in [9.17, 15) is 9.59 Å². The standard InChI is InChI=1S/C13H22O.C13H20O.2CH4.H2/c2*1-2-3-4-5-11-8-10-6-7-12(9-10)13(11)14;;;/h10-12H,2-9H2,1H3;6-7,10-12H,2-5,8-9H2,1H3;2*1H4;1H. The molecule has 3 fully saturated rings. The summed E-state index contributed by atoms with van der Waals surface area (Å²) in [7, 11) is 0. The molecule has 6 unspecified atom stereocenters. The second-order valence-electron chi connectivity index (χ2n) is 10.0. The Hall–Kier alpha value is -0.920. The second kappa shape index (κ2) is 13.5. The number of allylic oxidation sites excluding steroid dienone is 2. The molecule has 3 saturated carbocycles. The van der Waals surface area contributed by atoms with Gasteiger partial charge in [0.2, 0.25) is 0 Å². The van der Waals surface area contributed by atoms with Gasteiger partial charge in [-0.3, -0.25) is 9.59 Å². The van der Waals surface area contributed by atoms with Crippen LogP contribution in [-0.4, -0.2) is 11.6 Å². The summed E-state index contributed by atoms with van der Waals surface area (Å²) in [5.74, 6) is 4.39. The molecule has 4 rings (SSSR count). The fourth-order valence-electron chi connectivity index (χ4n) is 6.15. The van der Waals surface area contributed by atoms with Gasteiger partial charge in [-0.1, -0.05) is 79.4 Å². The number of hydrogen-bond acceptors (Lipinski definition) is 2. The fourth-order valence-corrected chi connectivity index (χ4v) is 6.15. The summed E-state index contributed by atoms with van der Waals surface area (Å²) in [6, 6.07) is 0. The summed E-state index contributed by atoms with van der Waals surface area (Å²) in [4.78, 5) is 23.9. The monoisotopic (exact) mass is 420 g/mol. The van der Waals surface area contributed by atoms with E-state index < -0.39 is 0 Å². The Kier molecular flexibility index (Phi) is 12.2. The summed E-state index contributed by atoms with van der Waals surface area (Å²) in [5, 5.41) is 0. The number of ketones is 2. The van der Waals surface area contributed by atoms with Crippen molar-refractivity contribution in [3.05, 3.63) is 12.2 Å². The fraction of sp³-hybridized carbons (Fsp3) is 0.857. The summed E-state index contributed by atoms with van der Waals surface area (Å²) in [5.41, 5.74) is 0. The predicted molar refractivity (Wildman–Crippen MR) is 132 cm³/mol. The van der Waals surface area contributed by atoms with Crippen LogP contribution in [-0.2, 0) is 9.59 Å². The number of carbonyl (C=O) groups excluding carboxylic acids is 2. The first kappa shape index (κ1) is 27.1. The smallest absolute Gasteiger partial charge is 0.142 e. The van der Waals surface area contributed by atoms with Crippen LogP contribution >= 0.6 is 0 Å². The SMILES string of the molecule is C.C.CCCCCC1CC2C=CC(C2)C1=O.CCCCCC1CC2CCC(C2)C1=O.[HH]. The molecule has 4 aliphatic rings. The number of unbranched alkanes of at least 4 members (excludes halogenated alkanes) is 4. The molecule has 0 aromatic carbocycles. The van der Waals surface area contributed by atoms with Crippen LogP contribution in [0, 0.1) is 35.5 Å². The van der Waals surface area contributed by atoms with Gasteiger partial charge in [0.1, 0.15) is 11.6 Å². The van der Waals surface area contributed by atoms with E-state index in [0.29, 0.717) is 35.2 Å². The molecule has 4 bridgehead atoms. The average Bonchev–Trinajstić information content (AvgIpc) is 3.29. The van der Waals surface area contributed by atoms with Gasteiger partial charge in [0.25, 0.3) is 0 Å². The van der Waals surface area contributed by atoms with E-state index in [4.69, 9.17) is 0 Å². The van der Waals surface area contributed by atoms with Crippen molar-refractivity contribution in [2.45, 2.75) is 119 Å². The Labute approximate surface area is 189 Å². The molecule has 6 atom stereocenters. The summed E-state index contributed by atoms with van der Waals surface area (Å²) < 4.78 is 0. The molecule has 2 heteroatoms. The summed E-state index contributed by atoms with van der Waals surface area (Å²) in [6.07, 6.45) is 21.6. The maximum absolute atomic E-state index is 12.0. The molecule has 0 aromatic rings. The Morgan fingerprint density at radius 2 is 1.40 bits per heavy atom. The van der Waals surface area contributed by atoms with Crippen molar-refractivity contribution in [3.8, 4) is 0 Å². The van der Waals surface area contributed by atoms with E-state index in [1.807, 2.05) is 0 Å². The van der Waals surface area contributed by atoms with Crippen molar-refractivity contribution in [2.24, 2.45) is 35.5 Å². The zero-order valence-corrected chi connectivity index (χ0v) is 18.3. The van der Waals surface area contributed by atoms with Crippen LogP contribution < -0.4 is 0 Å². The average molecular weight is 421 g/mol. The van der Waals surface area contributed by atoms with Gasteiger partial charge in [-0.2, -0.15) is 0 Å². The molecule has 0 saturated heterocycles. The van der Waals surface area contributed by atoms with Crippen molar-refractivity contribution in [1.29, 1.82) is 0 Å². The zero-order valence-electron chi connectivity index (χ0n) is 18.3. The third kappa shape index (κ3) is 7.06. The molecule has 0 spiro atoms. The van der Waals surface area contributed by atoms with Crippen LogP contribution in [0.3, 0.4) is 0 Å². The van der Waals surface area contributed by atoms with Crippen molar-refractivity contribution >= 4 is 11.6 Å². The molecule has 0 heterocycles. The zero-order chi connectivity index (χ0) is 19.9. The van der Waals surface area contributed by atoms with Gasteiger partial charge in [0.05, 0.1) is 0 Å². The largest absolute Gasteiger partial charge is 0.299 e. The van der Waals surface area contributed by atoms with E-state index in [2.05, 4.69) is 26.0 Å². The minimum absolute atomic E-state index is 0. The number of hydrogen-bond donors (Lipinski definition) is 0. The van der Waals surface area contributed by atoms with Gasteiger partial charge in [-0.25, -0.2) is 0 Å². The van der Waals surface area contributed by atoms with Gasteiger partial charge in [0, 0.05) is 25.1 Å². The molecular weight excluding hydrogens is 368 g/mol. The van der Waals surface area contributed by atoms with Gasteiger partial charge in [0.15, 0.2) is 0 Å². The van der Waals surface area contributed by atoms with Gasteiger partial charge < -0.3 is 0 Å². The van der Waals surface area contributed by atoms with Crippen molar-refractivity contribution in [2.75, 3.05) is 0 Å². The van der Waals surface area contributed by atoms with Crippen LogP contribution in [0.1, 0.15) is 120 Å². The number of carbonyl (C=O) groups is 2. The van der Waals surface area contributed by atoms with Gasteiger partial charge in [-0.15, -0.1) is 0 Å². The van der Waals surface area contributed by atoms with Gasteiger partial charge in [-0.05, 0) is 63.2 Å². The summed E-state index contributed by atoms with van der Waals surface area (Å²) in [6.45, 7) is 4.44. The lowest BCUT2D eigenvalue weighted by Crippen LogP contribution is -2.28. The number of rotatable bonds is 8. The molecule has 0 N–H and O–H groups in total. The molecule has 0 radical (unpaired) electrons. The summed E-state index contributed by atoms with van der Waals surface area (Å²) >= 11 is 0. The molecule has 176 valence electrons. The highest BCUT2D eigenvalue weighted by molar-refractivity contribution is 5.86. The number of fused-ring (bicyclic) bond motifs is 4. The Balaban J connectivity index is 0.000000529. The molecular formula is C28H52O2.